The molecule has 1 aromatic carbocycles. The van der Waals surface area contributed by atoms with E-state index in [0.29, 0.717) is 17.0 Å². The van der Waals surface area contributed by atoms with Crippen molar-refractivity contribution in [3.05, 3.63) is 58.6 Å². The van der Waals surface area contributed by atoms with Crippen molar-refractivity contribution in [3.63, 3.8) is 0 Å². The average Bonchev–Trinajstić information content (AvgIpc) is 2.99. The highest BCUT2D eigenvalue weighted by Crippen LogP contribution is 2.16. The summed E-state index contributed by atoms with van der Waals surface area (Å²) in [6, 6.07) is 9.07. The maximum Gasteiger partial charge on any atom is 0.191 e. The van der Waals surface area contributed by atoms with Crippen molar-refractivity contribution >= 4 is 45.9 Å². The minimum atomic E-state index is -0.259. The monoisotopic (exact) mass is 480 g/mol. The molecule has 0 fully saturated rings. The van der Waals surface area contributed by atoms with Crippen LogP contribution in [0.25, 0.3) is 0 Å². The van der Waals surface area contributed by atoms with E-state index >= 15 is 0 Å². The van der Waals surface area contributed by atoms with Gasteiger partial charge in [-0.1, -0.05) is 6.07 Å². The molecule has 0 aliphatic heterocycles. The molecule has 2 rings (SSSR count). The predicted molar refractivity (Wildman–Crippen MR) is 102 cm³/mol. The third-order valence-electron chi connectivity index (χ3n) is 3.00. The normalized spacial score (nSPS) is 11.0. The molecule has 0 saturated carbocycles. The number of guanidine groups is 1. The number of hydrogen-bond acceptors (Lipinski definition) is 1. The van der Waals surface area contributed by atoms with Gasteiger partial charge >= 0.3 is 0 Å². The Bertz CT molecular complexity index is 602. The van der Waals surface area contributed by atoms with Gasteiger partial charge in [-0.25, -0.2) is 4.39 Å². The topological polar surface area (TPSA) is 41.4 Å². The Hall–Kier alpha value is -1.09. The van der Waals surface area contributed by atoms with Gasteiger partial charge in [0.15, 0.2) is 5.96 Å². The molecule has 0 spiro atoms. The van der Waals surface area contributed by atoms with Gasteiger partial charge in [0.25, 0.3) is 0 Å². The fraction of sp³-hybridized carbons (Fsp3) is 0.267. The maximum atomic E-state index is 13.4. The average molecular weight is 481 g/mol. The molecule has 7 heteroatoms. The van der Waals surface area contributed by atoms with Crippen LogP contribution in [0.15, 0.2) is 52.2 Å². The zero-order valence-corrected chi connectivity index (χ0v) is 16.1. The van der Waals surface area contributed by atoms with Gasteiger partial charge < -0.3 is 15.2 Å². The number of aromatic nitrogens is 1. The summed E-state index contributed by atoms with van der Waals surface area (Å²) in [5.41, 5.74) is 0.865. The minimum Gasteiger partial charge on any atom is -0.355 e. The van der Waals surface area contributed by atoms with Gasteiger partial charge in [0, 0.05) is 39.1 Å². The van der Waals surface area contributed by atoms with Crippen LogP contribution in [-0.4, -0.2) is 24.1 Å². The number of benzene rings is 1. The summed E-state index contributed by atoms with van der Waals surface area (Å²) >= 11 is 3.14. The summed E-state index contributed by atoms with van der Waals surface area (Å²) in [6.07, 6.45) is 4.03. The van der Waals surface area contributed by atoms with Gasteiger partial charge in [0.05, 0.1) is 4.47 Å². The Labute approximate surface area is 155 Å². The number of rotatable bonds is 5. The molecule has 4 nitrogen and oxygen atoms in total. The first-order valence-corrected chi connectivity index (χ1v) is 7.47. The Morgan fingerprint density at radius 2 is 2.00 bits per heavy atom. The van der Waals surface area contributed by atoms with Crippen molar-refractivity contribution in [1.82, 2.24) is 15.2 Å². The van der Waals surface area contributed by atoms with Crippen molar-refractivity contribution in [2.45, 2.75) is 13.1 Å². The van der Waals surface area contributed by atoms with Crippen LogP contribution < -0.4 is 10.6 Å². The van der Waals surface area contributed by atoms with E-state index in [9.17, 15) is 4.39 Å². The third-order valence-corrected chi connectivity index (χ3v) is 3.64. The highest BCUT2D eigenvalue weighted by Gasteiger charge is 2.02. The number of aliphatic imine (C=N–C) groups is 1. The molecule has 0 aliphatic rings. The molecule has 1 aromatic heterocycles. The second kappa shape index (κ2) is 9.83. The van der Waals surface area contributed by atoms with E-state index in [4.69, 9.17) is 0 Å². The van der Waals surface area contributed by atoms with E-state index < -0.39 is 0 Å². The molecule has 2 N–H and O–H groups in total. The van der Waals surface area contributed by atoms with Crippen LogP contribution in [0, 0.1) is 5.82 Å². The fourth-order valence-corrected chi connectivity index (χ4v) is 2.13. The van der Waals surface area contributed by atoms with Crippen molar-refractivity contribution in [1.29, 1.82) is 0 Å². The van der Waals surface area contributed by atoms with E-state index in [0.717, 1.165) is 18.7 Å². The summed E-state index contributed by atoms with van der Waals surface area (Å²) in [5, 5.41) is 6.38. The van der Waals surface area contributed by atoms with E-state index in [1.54, 1.807) is 13.1 Å². The van der Waals surface area contributed by atoms with Crippen LogP contribution in [-0.2, 0) is 13.1 Å². The lowest BCUT2D eigenvalue weighted by molar-refractivity contribution is 0.617. The Kier molecular flexibility index (Phi) is 8.47. The summed E-state index contributed by atoms with van der Waals surface area (Å²) in [7, 11) is 1.72. The van der Waals surface area contributed by atoms with Gasteiger partial charge in [0.1, 0.15) is 5.82 Å². The van der Waals surface area contributed by atoms with Crippen molar-refractivity contribution in [2.24, 2.45) is 4.99 Å². The van der Waals surface area contributed by atoms with E-state index in [1.165, 1.54) is 6.07 Å². The lowest BCUT2D eigenvalue weighted by Crippen LogP contribution is -2.38. The second-order valence-electron chi connectivity index (χ2n) is 4.52. The molecule has 22 heavy (non-hydrogen) atoms. The minimum absolute atomic E-state index is 0. The quantitative estimate of drug-likeness (QED) is 0.391. The molecule has 0 saturated heterocycles. The van der Waals surface area contributed by atoms with E-state index in [1.807, 2.05) is 30.6 Å². The molecular weight excluding hydrogens is 462 g/mol. The number of hydrogen-bond donors (Lipinski definition) is 2. The SMILES string of the molecule is CN=C(NCCn1cccc1)NCc1ccc(Br)c(F)c1.I. The second-order valence-corrected chi connectivity index (χ2v) is 5.38. The first-order valence-electron chi connectivity index (χ1n) is 6.68. The Balaban J connectivity index is 0.00000242. The molecule has 1 heterocycles. The van der Waals surface area contributed by atoms with Crippen LogP contribution in [0.5, 0.6) is 0 Å². The lowest BCUT2D eigenvalue weighted by Gasteiger charge is -2.12. The van der Waals surface area contributed by atoms with Crippen LogP contribution in [0.1, 0.15) is 5.56 Å². The first-order chi connectivity index (χ1) is 10.2. The van der Waals surface area contributed by atoms with Crippen LogP contribution in [0.4, 0.5) is 4.39 Å². The third kappa shape index (κ3) is 5.96. The van der Waals surface area contributed by atoms with Crippen LogP contribution >= 0.6 is 39.9 Å². The van der Waals surface area contributed by atoms with Gasteiger partial charge in [0.2, 0.25) is 0 Å². The van der Waals surface area contributed by atoms with Crippen LogP contribution in [0.2, 0.25) is 0 Å². The van der Waals surface area contributed by atoms with Crippen LogP contribution in [0.3, 0.4) is 0 Å². The van der Waals surface area contributed by atoms with Gasteiger partial charge in [-0.3, -0.25) is 4.99 Å². The number of halogens is 3. The number of nitrogens with zero attached hydrogens (tertiary/aromatic N) is 2. The van der Waals surface area contributed by atoms with Gasteiger partial charge in [-0.2, -0.15) is 0 Å². The number of nitrogens with one attached hydrogen (secondary N) is 2. The molecule has 0 amide bonds. The summed E-state index contributed by atoms with van der Waals surface area (Å²) in [5.74, 6) is 0.440. The fourth-order valence-electron chi connectivity index (χ4n) is 1.88. The summed E-state index contributed by atoms with van der Waals surface area (Å²) in [6.45, 7) is 2.15. The van der Waals surface area contributed by atoms with E-state index in [-0.39, 0.29) is 29.8 Å². The van der Waals surface area contributed by atoms with Crippen molar-refractivity contribution in [2.75, 3.05) is 13.6 Å². The standard InChI is InChI=1S/C15H18BrFN4.HI/c1-18-15(19-6-9-21-7-2-3-8-21)20-11-12-4-5-13(16)14(17)10-12;/h2-5,7-8,10H,6,9,11H2,1H3,(H2,18,19,20);1H. The highest BCUT2D eigenvalue weighted by molar-refractivity contribution is 14.0. The summed E-state index contributed by atoms with van der Waals surface area (Å²) < 4.78 is 16.0. The molecule has 0 atom stereocenters. The largest absolute Gasteiger partial charge is 0.355 e. The molecule has 120 valence electrons. The van der Waals surface area contributed by atoms with Gasteiger partial charge in [-0.15, -0.1) is 24.0 Å². The van der Waals surface area contributed by atoms with Crippen molar-refractivity contribution in [3.8, 4) is 0 Å². The van der Waals surface area contributed by atoms with Gasteiger partial charge in [-0.05, 0) is 45.8 Å². The van der Waals surface area contributed by atoms with Crippen molar-refractivity contribution < 1.29 is 4.39 Å². The smallest absolute Gasteiger partial charge is 0.191 e. The Morgan fingerprint density at radius 1 is 1.27 bits per heavy atom. The predicted octanol–water partition coefficient (Wildman–Crippen LogP) is 3.37. The lowest BCUT2D eigenvalue weighted by atomic mass is 10.2. The molecule has 0 bridgehead atoms. The molecule has 0 unspecified atom stereocenters. The zero-order valence-electron chi connectivity index (χ0n) is 12.2. The maximum absolute atomic E-state index is 13.4. The molecule has 0 radical (unpaired) electrons. The molecule has 2 aromatic rings. The Morgan fingerprint density at radius 3 is 2.64 bits per heavy atom. The zero-order chi connectivity index (χ0) is 15.1. The molecular formula is C15H19BrFIN4. The van der Waals surface area contributed by atoms with E-state index in [2.05, 4.69) is 36.1 Å². The first kappa shape index (κ1) is 19.0. The summed E-state index contributed by atoms with van der Waals surface area (Å²) in [4.78, 5) is 4.14. The molecule has 0 aliphatic carbocycles. The highest BCUT2D eigenvalue weighted by atomic mass is 127.